The molecule has 1 unspecified atom stereocenters. The molecule has 1 atom stereocenters. The van der Waals surface area contributed by atoms with Crippen molar-refractivity contribution in [3.8, 4) is 0 Å². The summed E-state index contributed by atoms with van der Waals surface area (Å²) in [6, 6.07) is 0.143. The smallest absolute Gasteiger partial charge is 0.253 e. The van der Waals surface area contributed by atoms with E-state index in [1.807, 2.05) is 13.8 Å². The molecule has 0 aromatic rings. The van der Waals surface area contributed by atoms with Crippen LogP contribution in [-0.2, 0) is 9.53 Å². The number of aliphatic hydroxyl groups excluding tert-OH is 1. The van der Waals surface area contributed by atoms with E-state index in [9.17, 15) is 4.79 Å². The van der Waals surface area contributed by atoms with Gasteiger partial charge in [-0.05, 0) is 20.3 Å². The van der Waals surface area contributed by atoms with E-state index in [0.29, 0.717) is 26.1 Å². The third kappa shape index (κ3) is 3.73. The van der Waals surface area contributed by atoms with Crippen LogP contribution in [0.25, 0.3) is 0 Å². The van der Waals surface area contributed by atoms with Crippen LogP contribution in [-0.4, -0.2) is 60.9 Å². The predicted octanol–water partition coefficient (Wildman–Crippen LogP) is -0.406. The summed E-state index contributed by atoms with van der Waals surface area (Å²) in [5, 5.41) is 12.0. The lowest BCUT2D eigenvalue weighted by atomic mass is 10.2. The molecule has 1 saturated heterocycles. The van der Waals surface area contributed by atoms with E-state index in [4.69, 9.17) is 9.84 Å². The molecule has 0 bridgehead atoms. The number of morpholine rings is 1. The number of amides is 1. The van der Waals surface area contributed by atoms with Gasteiger partial charge in [0.2, 0.25) is 0 Å². The number of hydrogen-bond donors (Lipinski definition) is 2. The first-order valence-electron chi connectivity index (χ1n) is 5.90. The molecule has 0 saturated carbocycles. The van der Waals surface area contributed by atoms with Crippen LogP contribution in [0.3, 0.4) is 0 Å². The maximum absolute atomic E-state index is 12.1. The van der Waals surface area contributed by atoms with Gasteiger partial charge in [-0.1, -0.05) is 0 Å². The van der Waals surface area contributed by atoms with Gasteiger partial charge < -0.3 is 20.1 Å². The number of carbonyl (C=O) groups is 1. The van der Waals surface area contributed by atoms with Crippen LogP contribution in [0.4, 0.5) is 0 Å². The molecule has 94 valence electrons. The number of ether oxygens (including phenoxy) is 1. The van der Waals surface area contributed by atoms with E-state index in [1.54, 1.807) is 4.90 Å². The summed E-state index contributed by atoms with van der Waals surface area (Å²) in [4.78, 5) is 13.9. The van der Waals surface area contributed by atoms with Crippen LogP contribution >= 0.6 is 0 Å². The molecule has 1 aliphatic rings. The summed E-state index contributed by atoms with van der Waals surface area (Å²) in [5.74, 6) is 0.0238. The molecule has 1 heterocycles. The lowest BCUT2D eigenvalue weighted by Crippen LogP contribution is -2.51. The third-order valence-electron chi connectivity index (χ3n) is 2.67. The van der Waals surface area contributed by atoms with E-state index >= 15 is 0 Å². The van der Waals surface area contributed by atoms with Crippen molar-refractivity contribution in [2.75, 3.05) is 32.8 Å². The van der Waals surface area contributed by atoms with Crippen molar-refractivity contribution in [1.29, 1.82) is 0 Å². The minimum Gasteiger partial charge on any atom is -0.396 e. The Balaban J connectivity index is 2.51. The number of nitrogens with one attached hydrogen (secondary N) is 1. The number of hydrogen-bond acceptors (Lipinski definition) is 4. The Morgan fingerprint density at radius 1 is 1.62 bits per heavy atom. The highest BCUT2D eigenvalue weighted by Gasteiger charge is 2.27. The predicted molar refractivity (Wildman–Crippen MR) is 61.2 cm³/mol. The molecule has 5 heteroatoms. The standard InChI is InChI=1S/C11H22N2O3/c1-9(2)13(5-3-6-14)11(15)10-8-12-4-7-16-10/h9-10,12,14H,3-8H2,1-2H3. The summed E-state index contributed by atoms with van der Waals surface area (Å²) >= 11 is 0. The number of rotatable bonds is 5. The highest BCUT2D eigenvalue weighted by atomic mass is 16.5. The largest absolute Gasteiger partial charge is 0.396 e. The van der Waals surface area contributed by atoms with Crippen LogP contribution in [0.2, 0.25) is 0 Å². The van der Waals surface area contributed by atoms with Crippen molar-refractivity contribution < 1.29 is 14.6 Å². The van der Waals surface area contributed by atoms with E-state index in [0.717, 1.165) is 6.54 Å². The first-order valence-corrected chi connectivity index (χ1v) is 5.90. The second-order valence-corrected chi connectivity index (χ2v) is 4.27. The molecule has 0 radical (unpaired) electrons. The summed E-state index contributed by atoms with van der Waals surface area (Å²) < 4.78 is 5.43. The molecule has 2 N–H and O–H groups in total. The highest BCUT2D eigenvalue weighted by Crippen LogP contribution is 2.07. The molecule has 0 aliphatic carbocycles. The molecular weight excluding hydrogens is 208 g/mol. The lowest BCUT2D eigenvalue weighted by molar-refractivity contribution is -0.147. The summed E-state index contributed by atoms with van der Waals surface area (Å²) in [7, 11) is 0. The molecule has 1 aliphatic heterocycles. The van der Waals surface area contributed by atoms with Gasteiger partial charge in [-0.25, -0.2) is 0 Å². The second-order valence-electron chi connectivity index (χ2n) is 4.27. The Hall–Kier alpha value is -0.650. The van der Waals surface area contributed by atoms with E-state index in [-0.39, 0.29) is 24.7 Å². The van der Waals surface area contributed by atoms with Crippen molar-refractivity contribution in [1.82, 2.24) is 10.2 Å². The van der Waals surface area contributed by atoms with E-state index < -0.39 is 0 Å². The average Bonchev–Trinajstić information content (AvgIpc) is 2.30. The summed E-state index contributed by atoms with van der Waals surface area (Å²) in [5.41, 5.74) is 0. The first kappa shape index (κ1) is 13.4. The Kier molecular flexibility index (Phi) is 5.73. The van der Waals surface area contributed by atoms with Gasteiger partial charge in [-0.2, -0.15) is 0 Å². The fourth-order valence-corrected chi connectivity index (χ4v) is 1.77. The fraction of sp³-hybridized carbons (Fsp3) is 0.909. The quantitative estimate of drug-likeness (QED) is 0.674. The van der Waals surface area contributed by atoms with Crippen LogP contribution in [0.15, 0.2) is 0 Å². The molecule has 0 spiro atoms. The maximum Gasteiger partial charge on any atom is 0.253 e. The lowest BCUT2D eigenvalue weighted by Gasteiger charge is -2.32. The molecule has 1 rings (SSSR count). The average molecular weight is 230 g/mol. The van der Waals surface area contributed by atoms with Gasteiger partial charge in [0, 0.05) is 32.3 Å². The topological polar surface area (TPSA) is 61.8 Å². The van der Waals surface area contributed by atoms with Gasteiger partial charge in [-0.3, -0.25) is 4.79 Å². The molecule has 0 aromatic heterocycles. The fourth-order valence-electron chi connectivity index (χ4n) is 1.77. The third-order valence-corrected chi connectivity index (χ3v) is 2.67. The van der Waals surface area contributed by atoms with Gasteiger partial charge in [0.15, 0.2) is 0 Å². The van der Waals surface area contributed by atoms with Gasteiger partial charge in [0.05, 0.1) is 6.61 Å². The van der Waals surface area contributed by atoms with Gasteiger partial charge in [0.1, 0.15) is 6.10 Å². The zero-order valence-corrected chi connectivity index (χ0v) is 10.1. The SMILES string of the molecule is CC(C)N(CCCO)C(=O)C1CNCCO1. The molecule has 0 aromatic carbocycles. The Morgan fingerprint density at radius 3 is 2.88 bits per heavy atom. The Morgan fingerprint density at radius 2 is 2.38 bits per heavy atom. The second kappa shape index (κ2) is 6.83. The van der Waals surface area contributed by atoms with Crippen LogP contribution in [0.1, 0.15) is 20.3 Å². The molecular formula is C11H22N2O3. The molecule has 5 nitrogen and oxygen atoms in total. The van der Waals surface area contributed by atoms with E-state index in [2.05, 4.69) is 5.32 Å². The van der Waals surface area contributed by atoms with Gasteiger partial charge >= 0.3 is 0 Å². The molecule has 16 heavy (non-hydrogen) atoms. The highest BCUT2D eigenvalue weighted by molar-refractivity contribution is 5.81. The monoisotopic (exact) mass is 230 g/mol. The normalized spacial score (nSPS) is 21.1. The minimum atomic E-state index is -0.366. The van der Waals surface area contributed by atoms with E-state index in [1.165, 1.54) is 0 Å². The van der Waals surface area contributed by atoms with Gasteiger partial charge in [-0.15, -0.1) is 0 Å². The maximum atomic E-state index is 12.1. The first-order chi connectivity index (χ1) is 7.66. The van der Waals surface area contributed by atoms with Crippen molar-refractivity contribution in [2.24, 2.45) is 0 Å². The van der Waals surface area contributed by atoms with Crippen molar-refractivity contribution in [3.05, 3.63) is 0 Å². The Bertz CT molecular complexity index is 215. The molecule has 1 fully saturated rings. The number of nitrogens with zero attached hydrogens (tertiary/aromatic N) is 1. The van der Waals surface area contributed by atoms with Crippen LogP contribution < -0.4 is 5.32 Å². The van der Waals surface area contributed by atoms with Crippen LogP contribution in [0, 0.1) is 0 Å². The summed E-state index contributed by atoms with van der Waals surface area (Å²) in [6.45, 7) is 6.63. The molecule has 1 amide bonds. The summed E-state index contributed by atoms with van der Waals surface area (Å²) in [6.07, 6.45) is 0.249. The van der Waals surface area contributed by atoms with Crippen molar-refractivity contribution in [2.45, 2.75) is 32.4 Å². The number of carbonyl (C=O) groups excluding carboxylic acids is 1. The zero-order valence-electron chi connectivity index (χ0n) is 10.1. The Labute approximate surface area is 96.8 Å². The van der Waals surface area contributed by atoms with Crippen molar-refractivity contribution in [3.63, 3.8) is 0 Å². The number of aliphatic hydroxyl groups is 1. The van der Waals surface area contributed by atoms with Crippen LogP contribution in [0.5, 0.6) is 0 Å². The minimum absolute atomic E-state index is 0.0238. The van der Waals surface area contributed by atoms with Gasteiger partial charge in [0.25, 0.3) is 5.91 Å². The van der Waals surface area contributed by atoms with Crippen molar-refractivity contribution >= 4 is 5.91 Å². The zero-order chi connectivity index (χ0) is 12.0.